The van der Waals surface area contributed by atoms with Crippen LogP contribution in [-0.4, -0.2) is 35.6 Å². The van der Waals surface area contributed by atoms with E-state index in [-0.39, 0.29) is 0 Å². The molecule has 0 spiro atoms. The van der Waals surface area contributed by atoms with Crippen molar-refractivity contribution >= 4 is 0 Å². The third kappa shape index (κ3) is 2.75. The Morgan fingerprint density at radius 2 is 1.94 bits per heavy atom. The Balaban J connectivity index is 2.08. The number of rotatable bonds is 4. The van der Waals surface area contributed by atoms with Crippen LogP contribution in [0, 0.1) is 5.92 Å². The molecule has 2 heteroatoms. The molecule has 0 amide bonds. The molecule has 1 saturated heterocycles. The van der Waals surface area contributed by atoms with E-state index in [4.69, 9.17) is 0 Å². The van der Waals surface area contributed by atoms with Gasteiger partial charge in [-0.2, -0.15) is 0 Å². The highest BCUT2D eigenvalue weighted by molar-refractivity contribution is 4.99. The van der Waals surface area contributed by atoms with E-state index >= 15 is 0 Å². The summed E-state index contributed by atoms with van der Waals surface area (Å²) in [6, 6.07) is 1.46. The van der Waals surface area contributed by atoms with Gasteiger partial charge in [0.15, 0.2) is 0 Å². The predicted molar refractivity (Wildman–Crippen MR) is 78.9 cm³/mol. The van der Waals surface area contributed by atoms with Crippen LogP contribution in [0.5, 0.6) is 0 Å². The van der Waals surface area contributed by atoms with Gasteiger partial charge in [0.25, 0.3) is 0 Å². The SMILES string of the molecule is CCC(C)C1CN(C2(C)CCCC2)C(CC)CN1. The normalized spacial score (nSPS) is 34.7. The molecule has 18 heavy (non-hydrogen) atoms. The molecule has 2 rings (SSSR count). The highest BCUT2D eigenvalue weighted by atomic mass is 15.3. The van der Waals surface area contributed by atoms with E-state index in [1.54, 1.807) is 0 Å². The van der Waals surface area contributed by atoms with Gasteiger partial charge in [-0.05, 0) is 32.1 Å². The van der Waals surface area contributed by atoms with Crippen LogP contribution >= 0.6 is 0 Å². The Labute approximate surface area is 114 Å². The van der Waals surface area contributed by atoms with Crippen LogP contribution in [0.3, 0.4) is 0 Å². The molecule has 0 bridgehead atoms. The first-order valence-electron chi connectivity index (χ1n) is 8.11. The largest absolute Gasteiger partial charge is 0.311 e. The van der Waals surface area contributed by atoms with Crippen molar-refractivity contribution in [1.29, 1.82) is 0 Å². The molecule has 1 saturated carbocycles. The monoisotopic (exact) mass is 252 g/mol. The lowest BCUT2D eigenvalue weighted by Crippen LogP contribution is -2.63. The van der Waals surface area contributed by atoms with Crippen LogP contribution in [-0.2, 0) is 0 Å². The third-order valence-electron chi connectivity index (χ3n) is 5.63. The van der Waals surface area contributed by atoms with Crippen LogP contribution in [0.25, 0.3) is 0 Å². The molecule has 1 N–H and O–H groups in total. The van der Waals surface area contributed by atoms with E-state index in [2.05, 4.69) is 37.9 Å². The number of hydrogen-bond donors (Lipinski definition) is 1. The topological polar surface area (TPSA) is 15.3 Å². The zero-order valence-electron chi connectivity index (χ0n) is 12.8. The summed E-state index contributed by atoms with van der Waals surface area (Å²) in [7, 11) is 0. The van der Waals surface area contributed by atoms with Crippen LogP contribution in [0.1, 0.15) is 66.2 Å². The fourth-order valence-corrected chi connectivity index (χ4v) is 3.94. The van der Waals surface area contributed by atoms with Gasteiger partial charge in [-0.25, -0.2) is 0 Å². The van der Waals surface area contributed by atoms with E-state index in [0.717, 1.165) is 12.0 Å². The van der Waals surface area contributed by atoms with Crippen molar-refractivity contribution in [2.45, 2.75) is 83.8 Å². The standard InChI is InChI=1S/C16H32N2/c1-5-13(3)15-12-18(14(6-2)11-17-15)16(4)9-7-8-10-16/h13-15,17H,5-12H2,1-4H3. The van der Waals surface area contributed by atoms with E-state index < -0.39 is 0 Å². The van der Waals surface area contributed by atoms with Crippen molar-refractivity contribution in [2.24, 2.45) is 5.92 Å². The summed E-state index contributed by atoms with van der Waals surface area (Å²) in [6.45, 7) is 12.0. The van der Waals surface area contributed by atoms with Crippen molar-refractivity contribution in [2.75, 3.05) is 13.1 Å². The van der Waals surface area contributed by atoms with Crippen molar-refractivity contribution in [3.63, 3.8) is 0 Å². The number of piperazine rings is 1. The van der Waals surface area contributed by atoms with E-state index in [9.17, 15) is 0 Å². The maximum Gasteiger partial charge on any atom is 0.0224 e. The fraction of sp³-hybridized carbons (Fsp3) is 1.00. The zero-order valence-corrected chi connectivity index (χ0v) is 12.8. The fourth-order valence-electron chi connectivity index (χ4n) is 3.94. The average Bonchev–Trinajstić information content (AvgIpc) is 2.85. The highest BCUT2D eigenvalue weighted by Crippen LogP contribution is 2.38. The molecule has 0 aromatic carbocycles. The molecular weight excluding hydrogens is 220 g/mol. The summed E-state index contributed by atoms with van der Waals surface area (Å²) in [6.07, 6.45) is 8.28. The lowest BCUT2D eigenvalue weighted by Gasteiger charge is -2.50. The van der Waals surface area contributed by atoms with Crippen LogP contribution in [0.2, 0.25) is 0 Å². The van der Waals surface area contributed by atoms with Gasteiger partial charge in [-0.15, -0.1) is 0 Å². The first-order valence-corrected chi connectivity index (χ1v) is 8.11. The quantitative estimate of drug-likeness (QED) is 0.825. The molecule has 1 aliphatic carbocycles. The molecular formula is C16H32N2. The van der Waals surface area contributed by atoms with Gasteiger partial charge in [-0.3, -0.25) is 4.90 Å². The van der Waals surface area contributed by atoms with Crippen LogP contribution in [0.15, 0.2) is 0 Å². The Kier molecular flexibility index (Phi) is 4.71. The summed E-state index contributed by atoms with van der Waals surface area (Å²) >= 11 is 0. The van der Waals surface area contributed by atoms with Gasteiger partial charge in [0.1, 0.15) is 0 Å². The van der Waals surface area contributed by atoms with Gasteiger partial charge in [0.05, 0.1) is 0 Å². The minimum atomic E-state index is 0.495. The Bertz CT molecular complexity index is 258. The minimum absolute atomic E-state index is 0.495. The second-order valence-electron chi connectivity index (χ2n) is 6.82. The summed E-state index contributed by atoms with van der Waals surface area (Å²) < 4.78 is 0. The smallest absolute Gasteiger partial charge is 0.0224 e. The van der Waals surface area contributed by atoms with E-state index in [0.29, 0.717) is 11.6 Å². The zero-order chi connectivity index (χ0) is 13.2. The lowest BCUT2D eigenvalue weighted by molar-refractivity contribution is 0.0119. The van der Waals surface area contributed by atoms with Crippen LogP contribution in [0.4, 0.5) is 0 Å². The summed E-state index contributed by atoms with van der Waals surface area (Å²) in [5.74, 6) is 0.801. The second-order valence-corrected chi connectivity index (χ2v) is 6.82. The van der Waals surface area contributed by atoms with Crippen molar-refractivity contribution < 1.29 is 0 Å². The maximum atomic E-state index is 3.80. The van der Waals surface area contributed by atoms with Gasteiger partial charge >= 0.3 is 0 Å². The molecule has 0 aromatic heterocycles. The molecule has 3 unspecified atom stereocenters. The summed E-state index contributed by atoms with van der Waals surface area (Å²) in [4.78, 5) is 2.87. The summed E-state index contributed by atoms with van der Waals surface area (Å²) in [5.41, 5.74) is 0.495. The van der Waals surface area contributed by atoms with Crippen molar-refractivity contribution in [3.05, 3.63) is 0 Å². The first-order chi connectivity index (χ1) is 8.60. The molecule has 106 valence electrons. The predicted octanol–water partition coefficient (Wildman–Crippen LogP) is 3.42. The molecule has 2 nitrogen and oxygen atoms in total. The summed E-state index contributed by atoms with van der Waals surface area (Å²) in [5, 5.41) is 3.80. The second kappa shape index (κ2) is 5.92. The minimum Gasteiger partial charge on any atom is -0.311 e. The van der Waals surface area contributed by atoms with Gasteiger partial charge in [0, 0.05) is 30.7 Å². The van der Waals surface area contributed by atoms with Crippen molar-refractivity contribution in [1.82, 2.24) is 10.2 Å². The van der Waals surface area contributed by atoms with Gasteiger partial charge in [0.2, 0.25) is 0 Å². The van der Waals surface area contributed by atoms with Gasteiger partial charge in [-0.1, -0.05) is 40.0 Å². The van der Waals surface area contributed by atoms with E-state index in [1.807, 2.05) is 0 Å². The third-order valence-corrected chi connectivity index (χ3v) is 5.63. The van der Waals surface area contributed by atoms with E-state index in [1.165, 1.54) is 51.6 Å². The molecule has 1 aliphatic heterocycles. The first kappa shape index (κ1) is 14.3. The number of hydrogen-bond acceptors (Lipinski definition) is 2. The van der Waals surface area contributed by atoms with Crippen LogP contribution < -0.4 is 5.32 Å². The Morgan fingerprint density at radius 3 is 2.50 bits per heavy atom. The Hall–Kier alpha value is -0.0800. The molecule has 2 aliphatic rings. The maximum absolute atomic E-state index is 3.80. The number of nitrogens with one attached hydrogen (secondary N) is 1. The molecule has 2 fully saturated rings. The molecule has 3 atom stereocenters. The van der Waals surface area contributed by atoms with Gasteiger partial charge < -0.3 is 5.32 Å². The lowest BCUT2D eigenvalue weighted by atomic mass is 9.88. The highest BCUT2D eigenvalue weighted by Gasteiger charge is 2.41. The molecule has 0 aromatic rings. The molecule has 0 radical (unpaired) electrons. The number of nitrogens with zero attached hydrogens (tertiary/aromatic N) is 1. The van der Waals surface area contributed by atoms with Crippen molar-refractivity contribution in [3.8, 4) is 0 Å². The average molecular weight is 252 g/mol. The Morgan fingerprint density at radius 1 is 1.28 bits per heavy atom. The molecule has 1 heterocycles.